The summed E-state index contributed by atoms with van der Waals surface area (Å²) >= 11 is 3.26. The Balaban J connectivity index is 2.79. The number of H-pyrrole nitrogens is 1. The first-order valence-electron chi connectivity index (χ1n) is 4.39. The normalized spacial score (nSPS) is 10.7. The lowest BCUT2D eigenvalue weighted by Crippen LogP contribution is -2.11. The minimum absolute atomic E-state index is 0.0504. The molecule has 0 amide bonds. The van der Waals surface area contributed by atoms with Gasteiger partial charge in [0.25, 0.3) is 5.56 Å². The summed E-state index contributed by atoms with van der Waals surface area (Å²) in [5.74, 6) is 0. The molecule has 0 aliphatic rings. The fraction of sp³-hybridized carbons (Fsp3) is 0.200. The van der Waals surface area contributed by atoms with Gasteiger partial charge in [-0.05, 0) is 40.5 Å². The van der Waals surface area contributed by atoms with Crippen molar-refractivity contribution in [2.75, 3.05) is 0 Å². The van der Waals surface area contributed by atoms with Crippen molar-refractivity contribution in [2.45, 2.75) is 13.3 Å². The molecule has 0 aliphatic carbocycles. The summed E-state index contributed by atoms with van der Waals surface area (Å²) in [6.07, 6.45) is 0.737. The Kier molecular flexibility index (Phi) is 2.37. The van der Waals surface area contributed by atoms with Gasteiger partial charge in [0.05, 0.1) is 0 Å². The average Bonchev–Trinajstić information content (AvgIpc) is 2.16. The van der Waals surface area contributed by atoms with Crippen LogP contribution in [0.2, 0.25) is 0 Å². The van der Waals surface area contributed by atoms with Gasteiger partial charge in [0.1, 0.15) is 10.3 Å². The molecule has 2 aromatic heterocycles. The summed E-state index contributed by atoms with van der Waals surface area (Å²) in [5.41, 5.74) is 1.37. The summed E-state index contributed by atoms with van der Waals surface area (Å²) in [5, 5.41) is 0.963. The van der Waals surface area contributed by atoms with Crippen LogP contribution in [0, 0.1) is 0 Å². The molecule has 72 valence electrons. The van der Waals surface area contributed by atoms with E-state index in [0.717, 1.165) is 22.0 Å². The van der Waals surface area contributed by atoms with E-state index in [2.05, 4.69) is 25.9 Å². The van der Waals surface area contributed by atoms with Crippen molar-refractivity contribution in [1.29, 1.82) is 0 Å². The molecule has 0 aliphatic heterocycles. The topological polar surface area (TPSA) is 45.8 Å². The third kappa shape index (κ3) is 1.57. The molecule has 0 unspecified atom stereocenters. The van der Waals surface area contributed by atoms with Crippen LogP contribution in [0.3, 0.4) is 0 Å². The van der Waals surface area contributed by atoms with Crippen molar-refractivity contribution in [3.05, 3.63) is 38.7 Å². The number of aromatic amines is 1. The molecular formula is C10H9BrN2O. The van der Waals surface area contributed by atoms with Gasteiger partial charge in [0, 0.05) is 10.9 Å². The largest absolute Gasteiger partial charge is 0.306 e. The zero-order chi connectivity index (χ0) is 10.1. The van der Waals surface area contributed by atoms with E-state index in [0.29, 0.717) is 5.65 Å². The summed E-state index contributed by atoms with van der Waals surface area (Å²) in [6.45, 7) is 1.96. The van der Waals surface area contributed by atoms with Crippen LogP contribution < -0.4 is 5.56 Å². The van der Waals surface area contributed by atoms with Crippen LogP contribution in [0.25, 0.3) is 11.0 Å². The van der Waals surface area contributed by atoms with Crippen molar-refractivity contribution in [1.82, 2.24) is 9.97 Å². The number of aromatic nitrogens is 2. The van der Waals surface area contributed by atoms with Crippen LogP contribution in [0.4, 0.5) is 0 Å². The second kappa shape index (κ2) is 3.53. The molecule has 0 fully saturated rings. The Morgan fingerprint density at radius 1 is 1.50 bits per heavy atom. The van der Waals surface area contributed by atoms with Gasteiger partial charge in [-0.3, -0.25) is 4.79 Å². The first kappa shape index (κ1) is 9.40. The van der Waals surface area contributed by atoms with Gasteiger partial charge < -0.3 is 4.98 Å². The standard InChI is InChI=1S/C10H9BrN2O/c1-2-6-5-7-3-4-8(11)12-9(7)13-10(6)14/h3-5H,2H2,1H3,(H,12,13,14). The second-order valence-corrected chi connectivity index (χ2v) is 3.86. The van der Waals surface area contributed by atoms with Crippen LogP contribution in [-0.4, -0.2) is 9.97 Å². The highest BCUT2D eigenvalue weighted by atomic mass is 79.9. The fourth-order valence-electron chi connectivity index (χ4n) is 1.37. The van der Waals surface area contributed by atoms with Crippen LogP contribution in [-0.2, 0) is 6.42 Å². The first-order valence-corrected chi connectivity index (χ1v) is 5.18. The van der Waals surface area contributed by atoms with Crippen molar-refractivity contribution < 1.29 is 0 Å². The highest BCUT2D eigenvalue weighted by Gasteiger charge is 2.01. The van der Waals surface area contributed by atoms with Crippen molar-refractivity contribution in [3.63, 3.8) is 0 Å². The Bertz CT molecular complexity index is 533. The van der Waals surface area contributed by atoms with Gasteiger partial charge in [0.15, 0.2) is 0 Å². The molecule has 0 saturated heterocycles. The minimum Gasteiger partial charge on any atom is -0.306 e. The van der Waals surface area contributed by atoms with Gasteiger partial charge in [-0.15, -0.1) is 0 Å². The number of halogens is 1. The maximum atomic E-state index is 11.5. The number of fused-ring (bicyclic) bond motifs is 1. The van der Waals surface area contributed by atoms with Crippen LogP contribution >= 0.6 is 15.9 Å². The number of nitrogens with one attached hydrogen (secondary N) is 1. The van der Waals surface area contributed by atoms with Crippen molar-refractivity contribution >= 4 is 27.0 Å². The third-order valence-electron chi connectivity index (χ3n) is 2.13. The van der Waals surface area contributed by atoms with E-state index >= 15 is 0 Å². The first-order chi connectivity index (χ1) is 6.70. The molecule has 3 nitrogen and oxygen atoms in total. The molecule has 0 saturated carbocycles. The molecule has 2 heterocycles. The van der Waals surface area contributed by atoms with E-state index in [-0.39, 0.29) is 5.56 Å². The monoisotopic (exact) mass is 252 g/mol. The Hall–Kier alpha value is -1.16. The molecular weight excluding hydrogens is 244 g/mol. The van der Waals surface area contributed by atoms with Gasteiger partial charge in [-0.1, -0.05) is 6.92 Å². The number of pyridine rings is 2. The molecule has 0 atom stereocenters. The van der Waals surface area contributed by atoms with E-state index in [9.17, 15) is 4.79 Å². The molecule has 14 heavy (non-hydrogen) atoms. The molecule has 2 rings (SSSR count). The Labute approximate surface area is 89.3 Å². The SMILES string of the molecule is CCc1cc2ccc(Br)nc2[nH]c1=O. The second-order valence-electron chi connectivity index (χ2n) is 3.05. The summed E-state index contributed by atoms with van der Waals surface area (Å²) in [6, 6.07) is 5.68. The molecule has 0 aromatic carbocycles. The molecule has 0 bridgehead atoms. The number of rotatable bonds is 1. The van der Waals surface area contributed by atoms with Crippen molar-refractivity contribution in [2.24, 2.45) is 0 Å². The van der Waals surface area contributed by atoms with E-state index in [4.69, 9.17) is 0 Å². The predicted octanol–water partition coefficient (Wildman–Crippen LogP) is 2.25. The van der Waals surface area contributed by atoms with Crippen LogP contribution in [0.1, 0.15) is 12.5 Å². The predicted molar refractivity (Wildman–Crippen MR) is 59.4 cm³/mol. The minimum atomic E-state index is -0.0504. The van der Waals surface area contributed by atoms with Crippen LogP contribution in [0.15, 0.2) is 27.6 Å². The molecule has 2 aromatic rings. The molecule has 4 heteroatoms. The third-order valence-corrected chi connectivity index (χ3v) is 2.57. The lowest BCUT2D eigenvalue weighted by atomic mass is 10.2. The smallest absolute Gasteiger partial charge is 0.252 e. The quantitative estimate of drug-likeness (QED) is 0.792. The van der Waals surface area contributed by atoms with Crippen molar-refractivity contribution in [3.8, 4) is 0 Å². The maximum absolute atomic E-state index is 11.5. The van der Waals surface area contributed by atoms with Gasteiger partial charge >= 0.3 is 0 Å². The Morgan fingerprint density at radius 3 is 3.00 bits per heavy atom. The van der Waals surface area contributed by atoms with E-state index in [1.807, 2.05) is 25.1 Å². The van der Waals surface area contributed by atoms with E-state index < -0.39 is 0 Å². The lowest BCUT2D eigenvalue weighted by molar-refractivity contribution is 1.07. The number of nitrogens with zero attached hydrogens (tertiary/aromatic N) is 1. The number of hydrogen-bond acceptors (Lipinski definition) is 2. The zero-order valence-electron chi connectivity index (χ0n) is 7.67. The van der Waals surface area contributed by atoms with E-state index in [1.54, 1.807) is 0 Å². The highest BCUT2D eigenvalue weighted by Crippen LogP contribution is 2.13. The Morgan fingerprint density at radius 2 is 2.29 bits per heavy atom. The van der Waals surface area contributed by atoms with E-state index in [1.165, 1.54) is 0 Å². The average molecular weight is 253 g/mol. The summed E-state index contributed by atoms with van der Waals surface area (Å²) in [4.78, 5) is 18.4. The van der Waals surface area contributed by atoms with Gasteiger partial charge in [0.2, 0.25) is 0 Å². The van der Waals surface area contributed by atoms with Gasteiger partial charge in [-0.2, -0.15) is 0 Å². The van der Waals surface area contributed by atoms with Crippen LogP contribution in [0.5, 0.6) is 0 Å². The molecule has 0 radical (unpaired) electrons. The fourth-order valence-corrected chi connectivity index (χ4v) is 1.68. The number of aryl methyl sites for hydroxylation is 1. The molecule has 0 spiro atoms. The summed E-state index contributed by atoms with van der Waals surface area (Å²) in [7, 11) is 0. The number of hydrogen-bond donors (Lipinski definition) is 1. The maximum Gasteiger partial charge on any atom is 0.252 e. The summed E-state index contributed by atoms with van der Waals surface area (Å²) < 4.78 is 0.727. The van der Waals surface area contributed by atoms with Gasteiger partial charge in [-0.25, -0.2) is 4.98 Å². The zero-order valence-corrected chi connectivity index (χ0v) is 9.26. The highest BCUT2D eigenvalue weighted by molar-refractivity contribution is 9.10. The lowest BCUT2D eigenvalue weighted by Gasteiger charge is -2.00. The molecule has 1 N–H and O–H groups in total.